The Balaban J connectivity index is 0.00000484. The van der Waals surface area contributed by atoms with Gasteiger partial charge in [0.2, 0.25) is 0 Å². The van der Waals surface area contributed by atoms with Crippen molar-refractivity contribution >= 4 is 29.9 Å². The molecular formula is C17H37IN4O. The van der Waals surface area contributed by atoms with E-state index in [-0.39, 0.29) is 24.0 Å². The summed E-state index contributed by atoms with van der Waals surface area (Å²) in [4.78, 5) is 6.71. The minimum atomic E-state index is 0. The van der Waals surface area contributed by atoms with Crippen molar-refractivity contribution in [3.8, 4) is 0 Å². The van der Waals surface area contributed by atoms with E-state index in [4.69, 9.17) is 4.74 Å². The van der Waals surface area contributed by atoms with Crippen LogP contribution in [0.15, 0.2) is 4.99 Å². The number of nitrogens with zero attached hydrogens (tertiary/aromatic N) is 2. The van der Waals surface area contributed by atoms with Gasteiger partial charge in [0.25, 0.3) is 0 Å². The van der Waals surface area contributed by atoms with Crippen molar-refractivity contribution in [1.82, 2.24) is 15.5 Å². The third-order valence-electron chi connectivity index (χ3n) is 4.05. The van der Waals surface area contributed by atoms with Crippen molar-refractivity contribution in [2.45, 2.75) is 46.0 Å². The molecule has 0 bridgehead atoms. The van der Waals surface area contributed by atoms with E-state index in [0.29, 0.717) is 0 Å². The molecule has 6 heteroatoms. The molecule has 2 N–H and O–H groups in total. The van der Waals surface area contributed by atoms with E-state index >= 15 is 0 Å². The molecule has 0 aromatic carbocycles. The molecule has 0 amide bonds. The van der Waals surface area contributed by atoms with Gasteiger partial charge >= 0.3 is 0 Å². The van der Waals surface area contributed by atoms with E-state index in [1.54, 1.807) is 0 Å². The molecule has 1 heterocycles. The van der Waals surface area contributed by atoms with Gasteiger partial charge in [0.1, 0.15) is 0 Å². The summed E-state index contributed by atoms with van der Waals surface area (Å²) >= 11 is 0. The van der Waals surface area contributed by atoms with Crippen LogP contribution < -0.4 is 10.6 Å². The fourth-order valence-electron chi connectivity index (χ4n) is 2.62. The Kier molecular flexibility index (Phi) is 15.4. The molecule has 1 fully saturated rings. The van der Waals surface area contributed by atoms with Gasteiger partial charge in [0.05, 0.1) is 13.2 Å². The first kappa shape index (κ1) is 22.9. The zero-order valence-electron chi connectivity index (χ0n) is 15.3. The summed E-state index contributed by atoms with van der Waals surface area (Å²) in [5, 5.41) is 6.79. The summed E-state index contributed by atoms with van der Waals surface area (Å²) in [7, 11) is 1.84. The SMILES string of the molecule is CN=C(NCCCCCCC(C)C)NCCN1CCOCC1.I. The quantitative estimate of drug-likeness (QED) is 0.237. The van der Waals surface area contributed by atoms with Crippen molar-refractivity contribution < 1.29 is 4.74 Å². The second-order valence-electron chi connectivity index (χ2n) is 6.48. The molecule has 5 nitrogen and oxygen atoms in total. The molecule has 0 saturated carbocycles. The summed E-state index contributed by atoms with van der Waals surface area (Å²) in [6.45, 7) is 11.4. The van der Waals surface area contributed by atoms with Crippen molar-refractivity contribution in [2.24, 2.45) is 10.9 Å². The van der Waals surface area contributed by atoms with Gasteiger partial charge in [-0.3, -0.25) is 9.89 Å². The largest absolute Gasteiger partial charge is 0.379 e. The van der Waals surface area contributed by atoms with E-state index in [2.05, 4.69) is 34.4 Å². The molecule has 0 aromatic rings. The molecule has 0 aliphatic carbocycles. The van der Waals surface area contributed by atoms with Crippen LogP contribution in [0.2, 0.25) is 0 Å². The van der Waals surface area contributed by atoms with Gasteiger partial charge in [0.15, 0.2) is 5.96 Å². The lowest BCUT2D eigenvalue weighted by Crippen LogP contribution is -2.44. The number of hydrogen-bond acceptors (Lipinski definition) is 3. The number of unbranched alkanes of at least 4 members (excludes halogenated alkanes) is 3. The van der Waals surface area contributed by atoms with Crippen molar-refractivity contribution in [3.63, 3.8) is 0 Å². The van der Waals surface area contributed by atoms with E-state index in [1.165, 1.54) is 32.1 Å². The standard InChI is InChI=1S/C17H36N4O.HI/c1-16(2)8-6-4-5-7-9-19-17(18-3)20-10-11-21-12-14-22-15-13-21;/h16H,4-15H2,1-3H3,(H2,18,19,20);1H. The number of guanidine groups is 1. The summed E-state index contributed by atoms with van der Waals surface area (Å²) in [6, 6.07) is 0. The monoisotopic (exact) mass is 440 g/mol. The molecule has 0 atom stereocenters. The molecule has 1 saturated heterocycles. The molecule has 23 heavy (non-hydrogen) atoms. The predicted molar refractivity (Wildman–Crippen MR) is 110 cm³/mol. The van der Waals surface area contributed by atoms with Crippen molar-refractivity contribution in [3.05, 3.63) is 0 Å². The first-order chi connectivity index (χ1) is 10.7. The normalized spacial score (nSPS) is 16.3. The zero-order chi connectivity index (χ0) is 16.0. The first-order valence-electron chi connectivity index (χ1n) is 8.97. The summed E-state index contributed by atoms with van der Waals surface area (Å²) in [5.41, 5.74) is 0. The third-order valence-corrected chi connectivity index (χ3v) is 4.05. The molecule has 0 radical (unpaired) electrons. The topological polar surface area (TPSA) is 48.9 Å². The second-order valence-corrected chi connectivity index (χ2v) is 6.48. The Morgan fingerprint density at radius 2 is 1.70 bits per heavy atom. The maximum Gasteiger partial charge on any atom is 0.191 e. The highest BCUT2D eigenvalue weighted by atomic mass is 127. The minimum Gasteiger partial charge on any atom is -0.379 e. The summed E-state index contributed by atoms with van der Waals surface area (Å²) < 4.78 is 5.36. The Hall–Kier alpha value is -0.0800. The number of hydrogen-bond donors (Lipinski definition) is 2. The van der Waals surface area contributed by atoms with Gasteiger partial charge < -0.3 is 15.4 Å². The minimum absolute atomic E-state index is 0. The third kappa shape index (κ3) is 12.9. The maximum absolute atomic E-state index is 5.36. The van der Waals surface area contributed by atoms with Gasteiger partial charge in [-0.05, 0) is 12.3 Å². The smallest absolute Gasteiger partial charge is 0.191 e. The molecule has 138 valence electrons. The molecule has 0 spiro atoms. The van der Waals surface area contributed by atoms with E-state index in [1.807, 2.05) is 7.05 Å². The van der Waals surface area contributed by atoms with Crippen LogP contribution >= 0.6 is 24.0 Å². The lowest BCUT2D eigenvalue weighted by atomic mass is 10.0. The lowest BCUT2D eigenvalue weighted by molar-refractivity contribution is 0.0389. The number of ether oxygens (including phenoxy) is 1. The van der Waals surface area contributed by atoms with E-state index < -0.39 is 0 Å². The predicted octanol–water partition coefficient (Wildman–Crippen LogP) is 2.71. The van der Waals surface area contributed by atoms with Gasteiger partial charge in [-0.1, -0.05) is 39.5 Å². The zero-order valence-corrected chi connectivity index (χ0v) is 17.6. The van der Waals surface area contributed by atoms with Gasteiger partial charge in [-0.15, -0.1) is 24.0 Å². The Morgan fingerprint density at radius 3 is 2.35 bits per heavy atom. The first-order valence-corrected chi connectivity index (χ1v) is 8.97. The van der Waals surface area contributed by atoms with Gasteiger partial charge in [-0.25, -0.2) is 0 Å². The number of nitrogens with one attached hydrogen (secondary N) is 2. The molecule has 0 unspecified atom stereocenters. The van der Waals surface area contributed by atoms with Crippen LogP contribution in [0.1, 0.15) is 46.0 Å². The molecule has 1 aliphatic rings. The Morgan fingerprint density at radius 1 is 1.04 bits per heavy atom. The van der Waals surface area contributed by atoms with Crippen LogP contribution in [0.25, 0.3) is 0 Å². The van der Waals surface area contributed by atoms with Gasteiger partial charge in [0, 0.05) is 39.8 Å². The fourth-order valence-corrected chi connectivity index (χ4v) is 2.62. The fraction of sp³-hybridized carbons (Fsp3) is 0.941. The highest BCUT2D eigenvalue weighted by molar-refractivity contribution is 14.0. The summed E-state index contributed by atoms with van der Waals surface area (Å²) in [5.74, 6) is 1.77. The second kappa shape index (κ2) is 15.4. The lowest BCUT2D eigenvalue weighted by Gasteiger charge is -2.26. The molecule has 1 rings (SSSR count). The highest BCUT2D eigenvalue weighted by Crippen LogP contribution is 2.08. The van der Waals surface area contributed by atoms with Crippen molar-refractivity contribution in [2.75, 3.05) is 53.0 Å². The molecular weight excluding hydrogens is 403 g/mol. The van der Waals surface area contributed by atoms with Crippen LogP contribution in [0.3, 0.4) is 0 Å². The number of halogens is 1. The van der Waals surface area contributed by atoms with Crippen LogP contribution in [0, 0.1) is 5.92 Å². The maximum atomic E-state index is 5.36. The number of rotatable bonds is 10. The van der Waals surface area contributed by atoms with Crippen molar-refractivity contribution in [1.29, 1.82) is 0 Å². The van der Waals surface area contributed by atoms with Crippen LogP contribution in [-0.4, -0.2) is 63.8 Å². The molecule has 0 aromatic heterocycles. The van der Waals surface area contributed by atoms with E-state index in [9.17, 15) is 0 Å². The number of morpholine rings is 1. The molecule has 1 aliphatic heterocycles. The van der Waals surface area contributed by atoms with Crippen LogP contribution in [0.4, 0.5) is 0 Å². The van der Waals surface area contributed by atoms with Gasteiger partial charge in [-0.2, -0.15) is 0 Å². The number of aliphatic imine (C=N–C) groups is 1. The average Bonchev–Trinajstić information content (AvgIpc) is 2.53. The Bertz CT molecular complexity index is 294. The van der Waals surface area contributed by atoms with Crippen LogP contribution in [0.5, 0.6) is 0 Å². The average molecular weight is 440 g/mol. The summed E-state index contributed by atoms with van der Waals surface area (Å²) in [6.07, 6.45) is 6.61. The van der Waals surface area contributed by atoms with E-state index in [0.717, 1.165) is 57.8 Å². The highest BCUT2D eigenvalue weighted by Gasteiger charge is 2.09. The van der Waals surface area contributed by atoms with Crippen LogP contribution in [-0.2, 0) is 4.74 Å². The Labute approximate surface area is 160 Å².